The molecule has 1 atom stereocenters. The summed E-state index contributed by atoms with van der Waals surface area (Å²) in [6.45, 7) is 4.03. The smallest absolute Gasteiger partial charge is 0.226 e. The topological polar surface area (TPSA) is 20.3 Å². The van der Waals surface area contributed by atoms with Gasteiger partial charge in [-0.25, -0.2) is 0 Å². The van der Waals surface area contributed by atoms with Crippen molar-refractivity contribution in [2.75, 3.05) is 13.1 Å². The van der Waals surface area contributed by atoms with Crippen LogP contribution in [-0.4, -0.2) is 23.9 Å². The van der Waals surface area contributed by atoms with E-state index in [0.29, 0.717) is 17.4 Å². The number of nitrogens with zero attached hydrogens (tertiary/aromatic N) is 1. The predicted octanol–water partition coefficient (Wildman–Crippen LogP) is 3.14. The quantitative estimate of drug-likeness (QED) is 0.791. The van der Waals surface area contributed by atoms with E-state index >= 15 is 0 Å². The summed E-state index contributed by atoms with van der Waals surface area (Å²) in [6, 6.07) is 7.52. The Bertz CT molecular complexity index is 388. The predicted molar refractivity (Wildman–Crippen MR) is 70.1 cm³/mol. The Morgan fingerprint density at radius 3 is 2.76 bits per heavy atom. The number of halogens is 1. The molecule has 1 saturated heterocycles. The van der Waals surface area contributed by atoms with Gasteiger partial charge in [-0.2, -0.15) is 0 Å². The van der Waals surface area contributed by atoms with E-state index in [1.54, 1.807) is 0 Å². The molecule has 0 spiro atoms. The Balaban J connectivity index is 1.94. The lowest BCUT2D eigenvalue weighted by Gasteiger charge is -2.31. The van der Waals surface area contributed by atoms with Gasteiger partial charge in [-0.05, 0) is 36.5 Å². The fourth-order valence-corrected chi connectivity index (χ4v) is 2.43. The number of carbonyl (C=O) groups excluding carboxylic acids is 1. The number of likely N-dealkylation sites (tertiary alicyclic amines) is 1. The molecule has 17 heavy (non-hydrogen) atoms. The fourth-order valence-electron chi connectivity index (χ4n) is 2.30. The van der Waals surface area contributed by atoms with Crippen LogP contribution < -0.4 is 0 Å². The van der Waals surface area contributed by atoms with Crippen molar-refractivity contribution >= 4 is 17.5 Å². The van der Waals surface area contributed by atoms with E-state index in [9.17, 15) is 4.79 Å². The van der Waals surface area contributed by atoms with Gasteiger partial charge in [0.2, 0.25) is 5.91 Å². The molecule has 1 aliphatic rings. The van der Waals surface area contributed by atoms with Crippen molar-refractivity contribution in [1.29, 1.82) is 0 Å². The van der Waals surface area contributed by atoms with Crippen LogP contribution in [0.5, 0.6) is 0 Å². The fraction of sp³-hybridized carbons (Fsp3) is 0.500. The third kappa shape index (κ3) is 3.47. The maximum Gasteiger partial charge on any atom is 0.226 e. The molecule has 0 unspecified atom stereocenters. The Hall–Kier alpha value is -1.02. The summed E-state index contributed by atoms with van der Waals surface area (Å²) in [5, 5.41) is 0.716. The number of rotatable bonds is 2. The lowest BCUT2D eigenvalue weighted by Crippen LogP contribution is -2.39. The minimum absolute atomic E-state index is 0.235. The average molecular weight is 252 g/mol. The molecule has 0 bridgehead atoms. The molecule has 2 nitrogen and oxygen atoms in total. The standard InChI is InChI=1S/C14H18ClNO/c1-11-3-2-8-16(10-11)14(17)9-12-4-6-13(15)7-5-12/h4-7,11H,2-3,8-10H2,1H3/t11-/m0/s1. The lowest BCUT2D eigenvalue weighted by atomic mass is 9.99. The van der Waals surface area contributed by atoms with Gasteiger partial charge in [-0.1, -0.05) is 30.7 Å². The van der Waals surface area contributed by atoms with Gasteiger partial charge in [-0.15, -0.1) is 0 Å². The number of carbonyl (C=O) groups is 1. The van der Waals surface area contributed by atoms with Crippen LogP contribution in [0.25, 0.3) is 0 Å². The lowest BCUT2D eigenvalue weighted by molar-refractivity contribution is -0.132. The van der Waals surface area contributed by atoms with Crippen molar-refractivity contribution in [3.8, 4) is 0 Å². The van der Waals surface area contributed by atoms with Crippen LogP contribution in [0.1, 0.15) is 25.3 Å². The number of piperidine rings is 1. The minimum atomic E-state index is 0.235. The Morgan fingerprint density at radius 2 is 2.12 bits per heavy atom. The summed E-state index contributed by atoms with van der Waals surface area (Å²) in [6.07, 6.45) is 2.86. The molecule has 1 fully saturated rings. The third-order valence-corrected chi connectivity index (χ3v) is 3.53. The van der Waals surface area contributed by atoms with Crippen molar-refractivity contribution in [2.24, 2.45) is 5.92 Å². The summed E-state index contributed by atoms with van der Waals surface area (Å²) in [7, 11) is 0. The summed E-state index contributed by atoms with van der Waals surface area (Å²) in [5.74, 6) is 0.872. The Kier molecular flexibility index (Phi) is 4.06. The summed E-state index contributed by atoms with van der Waals surface area (Å²) >= 11 is 5.82. The van der Waals surface area contributed by atoms with Crippen molar-refractivity contribution in [3.63, 3.8) is 0 Å². The van der Waals surface area contributed by atoms with Gasteiger partial charge in [0.05, 0.1) is 6.42 Å². The molecule has 1 aromatic rings. The molecule has 0 aliphatic carbocycles. The van der Waals surface area contributed by atoms with E-state index < -0.39 is 0 Å². The first kappa shape index (κ1) is 12.4. The summed E-state index contributed by atoms with van der Waals surface area (Å²) in [5.41, 5.74) is 1.04. The molecule has 1 aromatic carbocycles. The monoisotopic (exact) mass is 251 g/mol. The molecule has 1 amide bonds. The van der Waals surface area contributed by atoms with Crippen molar-refractivity contribution in [2.45, 2.75) is 26.2 Å². The van der Waals surface area contributed by atoms with Crippen LogP contribution in [-0.2, 0) is 11.2 Å². The molecule has 0 N–H and O–H groups in total. The number of benzene rings is 1. The minimum Gasteiger partial charge on any atom is -0.342 e. The molecule has 92 valence electrons. The molecule has 2 rings (SSSR count). The van der Waals surface area contributed by atoms with Gasteiger partial charge in [0.25, 0.3) is 0 Å². The number of amides is 1. The first-order valence-corrected chi connectivity index (χ1v) is 6.55. The molecule has 1 aliphatic heterocycles. The van der Waals surface area contributed by atoms with Gasteiger partial charge in [-0.3, -0.25) is 4.79 Å². The second-order valence-corrected chi connectivity index (χ2v) is 5.33. The third-order valence-electron chi connectivity index (χ3n) is 3.28. The van der Waals surface area contributed by atoms with Crippen molar-refractivity contribution < 1.29 is 4.79 Å². The number of hydrogen-bond donors (Lipinski definition) is 0. The van der Waals surface area contributed by atoms with Gasteiger partial charge in [0.15, 0.2) is 0 Å². The van der Waals surface area contributed by atoms with Gasteiger partial charge in [0, 0.05) is 18.1 Å². The molecular formula is C14H18ClNO. The van der Waals surface area contributed by atoms with Crippen molar-refractivity contribution in [3.05, 3.63) is 34.9 Å². The largest absolute Gasteiger partial charge is 0.342 e. The maximum atomic E-state index is 12.1. The highest BCUT2D eigenvalue weighted by Crippen LogP contribution is 2.17. The SMILES string of the molecule is C[C@H]1CCCN(C(=O)Cc2ccc(Cl)cc2)C1. The van der Waals surface area contributed by atoms with Crippen molar-refractivity contribution in [1.82, 2.24) is 4.90 Å². The average Bonchev–Trinajstić information content (AvgIpc) is 2.32. The van der Waals surface area contributed by atoms with Crippen LogP contribution in [0.2, 0.25) is 5.02 Å². The van der Waals surface area contributed by atoms with E-state index in [1.165, 1.54) is 6.42 Å². The number of hydrogen-bond acceptors (Lipinski definition) is 1. The second kappa shape index (κ2) is 5.54. The van der Waals surface area contributed by atoms with Crippen LogP contribution in [0.15, 0.2) is 24.3 Å². The van der Waals surface area contributed by atoms with E-state index in [1.807, 2.05) is 29.2 Å². The molecule has 1 heterocycles. The molecule has 0 aromatic heterocycles. The molecule has 0 radical (unpaired) electrons. The first-order chi connectivity index (χ1) is 8.15. The normalized spacial score (nSPS) is 20.4. The Morgan fingerprint density at radius 1 is 1.41 bits per heavy atom. The summed E-state index contributed by atoms with van der Waals surface area (Å²) in [4.78, 5) is 14.1. The highest BCUT2D eigenvalue weighted by molar-refractivity contribution is 6.30. The van der Waals surface area contributed by atoms with Gasteiger partial charge >= 0.3 is 0 Å². The zero-order valence-electron chi connectivity index (χ0n) is 10.2. The van der Waals surface area contributed by atoms with Gasteiger partial charge < -0.3 is 4.90 Å². The highest BCUT2D eigenvalue weighted by atomic mass is 35.5. The van der Waals surface area contributed by atoms with Crippen LogP contribution >= 0.6 is 11.6 Å². The van der Waals surface area contributed by atoms with Crippen LogP contribution in [0.4, 0.5) is 0 Å². The van der Waals surface area contributed by atoms with E-state index in [-0.39, 0.29) is 5.91 Å². The second-order valence-electron chi connectivity index (χ2n) is 4.89. The molecular weight excluding hydrogens is 234 g/mol. The Labute approximate surface area is 108 Å². The first-order valence-electron chi connectivity index (χ1n) is 6.17. The van der Waals surface area contributed by atoms with E-state index in [2.05, 4.69) is 6.92 Å². The van der Waals surface area contributed by atoms with Crippen LogP contribution in [0, 0.1) is 5.92 Å². The van der Waals surface area contributed by atoms with E-state index in [4.69, 9.17) is 11.6 Å². The van der Waals surface area contributed by atoms with Gasteiger partial charge in [0.1, 0.15) is 0 Å². The molecule has 0 saturated carbocycles. The maximum absolute atomic E-state index is 12.1. The zero-order chi connectivity index (χ0) is 12.3. The zero-order valence-corrected chi connectivity index (χ0v) is 10.9. The highest BCUT2D eigenvalue weighted by Gasteiger charge is 2.20. The van der Waals surface area contributed by atoms with E-state index in [0.717, 1.165) is 25.1 Å². The van der Waals surface area contributed by atoms with Crippen LogP contribution in [0.3, 0.4) is 0 Å². The molecule has 3 heteroatoms. The summed E-state index contributed by atoms with van der Waals surface area (Å²) < 4.78 is 0.